The van der Waals surface area contributed by atoms with Crippen molar-refractivity contribution in [2.45, 2.75) is 19.3 Å². The molecule has 0 bridgehead atoms. The molecule has 0 rings (SSSR count). The van der Waals surface area contributed by atoms with E-state index >= 15 is 0 Å². The first-order valence-corrected chi connectivity index (χ1v) is 3.34. The molecule has 1 N–H and O–H groups in total. The van der Waals surface area contributed by atoms with Gasteiger partial charge in [-0.05, 0) is 19.3 Å². The van der Waals surface area contributed by atoms with E-state index in [1.165, 1.54) is 0 Å². The smallest absolute Gasteiger partial charge is 0.00998 e. The first-order valence-electron chi connectivity index (χ1n) is 3.34. The lowest BCUT2D eigenvalue weighted by Crippen LogP contribution is -1.82. The highest BCUT2D eigenvalue weighted by atomic mass is 14.5. The van der Waals surface area contributed by atoms with Gasteiger partial charge in [-0.25, -0.2) is 0 Å². The molecule has 0 heterocycles. The molecule has 1 nitrogen and oxygen atoms in total. The number of unbranched alkanes of at least 4 members (excludes halogenated alkanes) is 2. The van der Waals surface area contributed by atoms with Crippen LogP contribution in [0.1, 0.15) is 19.3 Å². The zero-order valence-electron chi connectivity index (χ0n) is 5.77. The Kier molecular flexibility index (Phi) is 6.98. The quantitative estimate of drug-likeness (QED) is 0.396. The van der Waals surface area contributed by atoms with E-state index in [1.54, 1.807) is 6.08 Å². The van der Waals surface area contributed by atoms with Gasteiger partial charge in [0, 0.05) is 6.54 Å². The van der Waals surface area contributed by atoms with Gasteiger partial charge in [0.2, 0.25) is 0 Å². The zero-order valence-corrected chi connectivity index (χ0v) is 5.77. The number of hydrogen-bond donors (Lipinski definition) is 0. The fraction of sp³-hybridized carbons (Fsp3) is 0.500. The summed E-state index contributed by atoms with van der Waals surface area (Å²) in [4.78, 5) is 0. The van der Waals surface area contributed by atoms with Gasteiger partial charge in [0.25, 0.3) is 0 Å². The molecule has 0 fully saturated rings. The molecule has 0 saturated carbocycles. The molecule has 9 heavy (non-hydrogen) atoms. The third-order valence-electron chi connectivity index (χ3n) is 1.07. The van der Waals surface area contributed by atoms with Gasteiger partial charge in [-0.1, -0.05) is 24.8 Å². The van der Waals surface area contributed by atoms with E-state index in [4.69, 9.17) is 5.73 Å². The van der Waals surface area contributed by atoms with Crippen LogP contribution in [-0.4, -0.2) is 6.54 Å². The Balaban J connectivity index is 2.90. The van der Waals surface area contributed by atoms with Crippen LogP contribution in [0, 0.1) is 0 Å². The summed E-state index contributed by atoms with van der Waals surface area (Å²) in [6, 6.07) is 0. The van der Waals surface area contributed by atoms with Crippen molar-refractivity contribution < 1.29 is 0 Å². The Morgan fingerprint density at radius 3 is 2.67 bits per heavy atom. The Morgan fingerprint density at radius 2 is 2.11 bits per heavy atom. The molecule has 1 heteroatoms. The van der Waals surface area contributed by atoms with E-state index in [-0.39, 0.29) is 0 Å². The first-order chi connectivity index (χ1) is 4.41. The summed E-state index contributed by atoms with van der Waals surface area (Å²) in [7, 11) is 0. The zero-order chi connectivity index (χ0) is 6.95. The van der Waals surface area contributed by atoms with Crippen LogP contribution >= 0.6 is 0 Å². The van der Waals surface area contributed by atoms with Gasteiger partial charge in [-0.15, -0.1) is 0 Å². The molecule has 0 saturated heterocycles. The molecule has 0 atom stereocenters. The van der Waals surface area contributed by atoms with Gasteiger partial charge in [0.1, 0.15) is 0 Å². The molecule has 0 amide bonds. The van der Waals surface area contributed by atoms with Crippen LogP contribution in [0.5, 0.6) is 0 Å². The van der Waals surface area contributed by atoms with Gasteiger partial charge >= 0.3 is 0 Å². The highest BCUT2D eigenvalue weighted by Gasteiger charge is 1.79. The number of allylic oxidation sites excluding steroid dienone is 3. The lowest BCUT2D eigenvalue weighted by Gasteiger charge is -1.88. The number of nitrogens with one attached hydrogen (secondary N) is 1. The van der Waals surface area contributed by atoms with Gasteiger partial charge in [-0.2, -0.15) is 0 Å². The normalized spacial score (nSPS) is 10.3. The van der Waals surface area contributed by atoms with Crippen LogP contribution in [0.2, 0.25) is 0 Å². The summed E-state index contributed by atoms with van der Waals surface area (Å²) in [5.41, 5.74) is 6.84. The average molecular weight is 124 g/mol. The van der Waals surface area contributed by atoms with E-state index in [0.717, 1.165) is 19.3 Å². The van der Waals surface area contributed by atoms with Crippen LogP contribution in [0.4, 0.5) is 0 Å². The molecule has 1 radical (unpaired) electrons. The predicted octanol–water partition coefficient (Wildman–Crippen LogP) is 2.18. The molecule has 0 aliphatic carbocycles. The maximum absolute atomic E-state index is 6.84. The minimum Gasteiger partial charge on any atom is -0.258 e. The third-order valence-corrected chi connectivity index (χ3v) is 1.07. The van der Waals surface area contributed by atoms with Crippen molar-refractivity contribution >= 4 is 0 Å². The molecule has 0 aromatic heterocycles. The molecule has 0 aromatic rings. The molecule has 0 aliphatic rings. The van der Waals surface area contributed by atoms with Gasteiger partial charge < -0.3 is 0 Å². The Labute approximate surface area is 57.3 Å². The molecule has 0 unspecified atom stereocenters. The monoisotopic (exact) mass is 124 g/mol. The largest absolute Gasteiger partial charge is 0.258 e. The minimum absolute atomic E-state index is 0.557. The average Bonchev–Trinajstić information content (AvgIpc) is 1.89. The van der Waals surface area contributed by atoms with Crippen molar-refractivity contribution in [3.63, 3.8) is 0 Å². The van der Waals surface area contributed by atoms with E-state index in [2.05, 4.69) is 12.7 Å². The van der Waals surface area contributed by atoms with Crippen LogP contribution < -0.4 is 5.73 Å². The van der Waals surface area contributed by atoms with Gasteiger partial charge in [0.15, 0.2) is 0 Å². The molecule has 0 spiro atoms. The van der Waals surface area contributed by atoms with Crippen molar-refractivity contribution in [2.24, 2.45) is 0 Å². The Hall–Kier alpha value is -0.560. The van der Waals surface area contributed by atoms with E-state index in [1.807, 2.05) is 6.08 Å². The maximum atomic E-state index is 6.84. The van der Waals surface area contributed by atoms with E-state index < -0.39 is 0 Å². The van der Waals surface area contributed by atoms with E-state index in [9.17, 15) is 0 Å². The Bertz CT molecular complexity index is 84.6. The van der Waals surface area contributed by atoms with Crippen LogP contribution in [0.25, 0.3) is 0 Å². The summed E-state index contributed by atoms with van der Waals surface area (Å²) < 4.78 is 0. The lowest BCUT2D eigenvalue weighted by molar-refractivity contribution is 0.748. The summed E-state index contributed by atoms with van der Waals surface area (Å²) in [6.45, 7) is 4.11. The standard InChI is InChI=1S/C8H14N/c1-2-3-4-5-6-7-8-9/h2-4,9H,1,5-8H2. The highest BCUT2D eigenvalue weighted by Crippen LogP contribution is 1.94. The van der Waals surface area contributed by atoms with Gasteiger partial charge in [0.05, 0.1) is 0 Å². The summed E-state index contributed by atoms with van der Waals surface area (Å²) in [5, 5.41) is 0. The summed E-state index contributed by atoms with van der Waals surface area (Å²) >= 11 is 0. The fourth-order valence-corrected chi connectivity index (χ4v) is 0.580. The number of hydrogen-bond acceptors (Lipinski definition) is 0. The minimum atomic E-state index is 0.557. The van der Waals surface area contributed by atoms with Crippen molar-refractivity contribution in [3.05, 3.63) is 24.8 Å². The number of rotatable bonds is 5. The predicted molar refractivity (Wildman–Crippen MR) is 41.2 cm³/mol. The fourth-order valence-electron chi connectivity index (χ4n) is 0.580. The molecule has 51 valence electrons. The van der Waals surface area contributed by atoms with Crippen LogP contribution in [-0.2, 0) is 0 Å². The second-order valence-electron chi connectivity index (χ2n) is 1.91. The first kappa shape index (κ1) is 8.44. The van der Waals surface area contributed by atoms with Crippen molar-refractivity contribution in [1.29, 1.82) is 0 Å². The maximum Gasteiger partial charge on any atom is 0.00998 e. The molecular formula is C8H14N. The second-order valence-corrected chi connectivity index (χ2v) is 1.91. The van der Waals surface area contributed by atoms with E-state index in [0.29, 0.717) is 6.54 Å². The summed E-state index contributed by atoms with van der Waals surface area (Å²) in [6.07, 6.45) is 9.05. The highest BCUT2D eigenvalue weighted by molar-refractivity contribution is 4.96. The molecule has 0 aliphatic heterocycles. The van der Waals surface area contributed by atoms with Crippen molar-refractivity contribution in [3.8, 4) is 0 Å². The van der Waals surface area contributed by atoms with Crippen molar-refractivity contribution in [2.75, 3.05) is 6.54 Å². The Morgan fingerprint density at radius 1 is 1.33 bits per heavy atom. The van der Waals surface area contributed by atoms with Crippen molar-refractivity contribution in [1.82, 2.24) is 5.73 Å². The van der Waals surface area contributed by atoms with Crippen LogP contribution in [0.3, 0.4) is 0 Å². The second kappa shape index (κ2) is 7.44. The topological polar surface area (TPSA) is 23.8 Å². The summed E-state index contributed by atoms with van der Waals surface area (Å²) in [5.74, 6) is 0. The lowest BCUT2D eigenvalue weighted by atomic mass is 10.2. The third kappa shape index (κ3) is 7.44. The SMILES string of the molecule is C=CC=CCCCC[NH]. The molecular weight excluding hydrogens is 110 g/mol. The molecule has 0 aromatic carbocycles. The van der Waals surface area contributed by atoms with Gasteiger partial charge in [-0.3, -0.25) is 5.73 Å². The van der Waals surface area contributed by atoms with Crippen LogP contribution in [0.15, 0.2) is 24.8 Å².